The summed E-state index contributed by atoms with van der Waals surface area (Å²) in [4.78, 5) is 0. The molecule has 4 rings (SSSR count). The van der Waals surface area contributed by atoms with Gasteiger partial charge in [0.05, 0.1) is 16.3 Å². The van der Waals surface area contributed by atoms with Gasteiger partial charge in [-0.3, -0.25) is 9.82 Å². The second-order valence-corrected chi connectivity index (χ2v) is 8.79. The zero-order valence-corrected chi connectivity index (χ0v) is 16.7. The Balaban J connectivity index is 1.68. The van der Waals surface area contributed by atoms with Crippen LogP contribution in [0.3, 0.4) is 0 Å². The zero-order chi connectivity index (χ0) is 19.7. The molecule has 0 unspecified atom stereocenters. The second-order valence-electron chi connectivity index (χ2n) is 6.66. The van der Waals surface area contributed by atoms with Gasteiger partial charge in [0.2, 0.25) is 10.0 Å². The van der Waals surface area contributed by atoms with Gasteiger partial charge in [0, 0.05) is 10.9 Å². The average Bonchev–Trinajstić information content (AvgIpc) is 3.04. The molecule has 0 saturated carbocycles. The number of rotatable bonds is 5. The number of sulfonamides is 1. The lowest BCUT2D eigenvalue weighted by Gasteiger charge is -2.08. The van der Waals surface area contributed by atoms with E-state index >= 15 is 0 Å². The van der Waals surface area contributed by atoms with Crippen molar-refractivity contribution in [2.75, 3.05) is 4.72 Å². The van der Waals surface area contributed by atoms with Crippen molar-refractivity contribution in [1.29, 1.82) is 0 Å². The largest absolute Gasteiger partial charge is 0.276 e. The smallest absolute Gasteiger partial charge is 0.238 e. The molecule has 0 aliphatic heterocycles. The van der Waals surface area contributed by atoms with E-state index in [9.17, 15) is 8.42 Å². The lowest BCUT2D eigenvalue weighted by Crippen LogP contribution is -2.15. The topological polar surface area (TPSA) is 74.8 Å². The highest BCUT2D eigenvalue weighted by atomic mass is 35.5. The predicted molar refractivity (Wildman–Crippen MR) is 114 cm³/mol. The first-order valence-electron chi connectivity index (χ1n) is 8.70. The van der Waals surface area contributed by atoms with E-state index < -0.39 is 10.0 Å². The van der Waals surface area contributed by atoms with Gasteiger partial charge in [-0.25, -0.2) is 8.42 Å². The van der Waals surface area contributed by atoms with E-state index in [1.165, 1.54) is 0 Å². The van der Waals surface area contributed by atoms with Gasteiger partial charge in [-0.1, -0.05) is 71.8 Å². The van der Waals surface area contributed by atoms with Crippen molar-refractivity contribution in [1.82, 2.24) is 10.2 Å². The number of aromatic amines is 1. The number of H-pyrrole nitrogens is 1. The third kappa shape index (κ3) is 3.88. The molecule has 1 aromatic heterocycles. The summed E-state index contributed by atoms with van der Waals surface area (Å²) in [6, 6.07) is 20.7. The summed E-state index contributed by atoms with van der Waals surface area (Å²) in [5.74, 6) is 0.136. The molecule has 1 heterocycles. The molecule has 2 N–H and O–H groups in total. The maximum Gasteiger partial charge on any atom is 0.238 e. The maximum atomic E-state index is 12.6. The number of aromatic nitrogens is 2. The van der Waals surface area contributed by atoms with E-state index in [1.807, 2.05) is 67.6 Å². The molecule has 7 heteroatoms. The minimum atomic E-state index is -3.61. The number of nitrogens with zero attached hydrogens (tertiary/aromatic N) is 1. The summed E-state index contributed by atoms with van der Waals surface area (Å²) in [7, 11) is -3.61. The standard InChI is InChI=1S/C21H18ClN3O2S/c1-14-7-9-15(10-8-14)13-28(26,27)25-21-18-11-17(16-5-3-2-4-6-16)19(22)12-20(18)23-24-21/h2-12H,13H2,1H3,(H2,23,24,25). The van der Waals surface area contributed by atoms with Crippen molar-refractivity contribution < 1.29 is 8.42 Å². The van der Waals surface area contributed by atoms with Crippen LogP contribution in [0.5, 0.6) is 0 Å². The van der Waals surface area contributed by atoms with Crippen molar-refractivity contribution >= 4 is 38.3 Å². The first-order valence-corrected chi connectivity index (χ1v) is 10.7. The Morgan fingerprint density at radius 3 is 2.46 bits per heavy atom. The van der Waals surface area contributed by atoms with Crippen LogP contribution in [0.25, 0.3) is 22.0 Å². The molecule has 0 aliphatic rings. The Kier molecular flexibility index (Phi) is 4.83. The molecule has 3 aromatic carbocycles. The molecule has 142 valence electrons. The quantitative estimate of drug-likeness (QED) is 0.477. The van der Waals surface area contributed by atoms with Gasteiger partial charge in [-0.2, -0.15) is 5.10 Å². The Bertz CT molecular complexity index is 1230. The fraction of sp³-hybridized carbons (Fsp3) is 0.0952. The Morgan fingerprint density at radius 1 is 1.04 bits per heavy atom. The van der Waals surface area contributed by atoms with Crippen LogP contribution >= 0.6 is 11.6 Å². The van der Waals surface area contributed by atoms with Crippen LogP contribution in [0.15, 0.2) is 66.7 Å². The van der Waals surface area contributed by atoms with Crippen LogP contribution < -0.4 is 4.72 Å². The highest BCUT2D eigenvalue weighted by molar-refractivity contribution is 7.91. The molecule has 0 fully saturated rings. The van der Waals surface area contributed by atoms with E-state index in [4.69, 9.17) is 11.6 Å². The van der Waals surface area contributed by atoms with Crippen molar-refractivity contribution in [3.05, 3.63) is 82.9 Å². The summed E-state index contributed by atoms with van der Waals surface area (Å²) < 4.78 is 27.8. The predicted octanol–water partition coefficient (Wildman–Crippen LogP) is 5.13. The fourth-order valence-electron chi connectivity index (χ4n) is 3.04. The third-order valence-electron chi connectivity index (χ3n) is 4.46. The zero-order valence-electron chi connectivity index (χ0n) is 15.1. The van der Waals surface area contributed by atoms with Gasteiger partial charge in [0.1, 0.15) is 0 Å². The molecule has 4 aromatic rings. The summed E-state index contributed by atoms with van der Waals surface area (Å²) in [6.45, 7) is 1.96. The fourth-order valence-corrected chi connectivity index (χ4v) is 4.47. The first kappa shape index (κ1) is 18.5. The van der Waals surface area contributed by atoms with E-state index in [1.54, 1.807) is 6.07 Å². The molecule has 0 radical (unpaired) electrons. The van der Waals surface area contributed by atoms with Crippen LogP contribution in [0, 0.1) is 6.92 Å². The molecular weight excluding hydrogens is 394 g/mol. The Morgan fingerprint density at radius 2 is 1.75 bits per heavy atom. The second kappa shape index (κ2) is 7.30. The molecular formula is C21H18ClN3O2S. The van der Waals surface area contributed by atoms with Crippen LogP contribution in [0.4, 0.5) is 5.82 Å². The van der Waals surface area contributed by atoms with Crippen molar-refractivity contribution in [2.24, 2.45) is 0 Å². The molecule has 28 heavy (non-hydrogen) atoms. The molecule has 5 nitrogen and oxygen atoms in total. The normalized spacial score (nSPS) is 11.6. The summed E-state index contributed by atoms with van der Waals surface area (Å²) in [5.41, 5.74) is 4.22. The lowest BCUT2D eigenvalue weighted by molar-refractivity contribution is 0.600. The van der Waals surface area contributed by atoms with Crippen molar-refractivity contribution in [3.63, 3.8) is 0 Å². The number of nitrogens with one attached hydrogen (secondary N) is 2. The number of halogens is 1. The summed E-state index contributed by atoms with van der Waals surface area (Å²) in [6.07, 6.45) is 0. The van der Waals surface area contributed by atoms with Crippen LogP contribution in [-0.4, -0.2) is 18.6 Å². The molecule has 0 amide bonds. The van der Waals surface area contributed by atoms with E-state index in [-0.39, 0.29) is 11.6 Å². The SMILES string of the molecule is Cc1ccc(CS(=O)(=O)Nc2n[nH]c3cc(Cl)c(-c4ccccc4)cc23)cc1. The van der Waals surface area contributed by atoms with E-state index in [0.29, 0.717) is 21.5 Å². The molecule has 0 spiro atoms. The Labute approximate surface area is 168 Å². The number of fused-ring (bicyclic) bond motifs is 1. The van der Waals surface area contributed by atoms with Crippen molar-refractivity contribution in [3.8, 4) is 11.1 Å². The minimum absolute atomic E-state index is 0.124. The molecule has 0 aliphatic carbocycles. The monoisotopic (exact) mass is 411 g/mol. The number of aryl methyl sites for hydroxylation is 1. The Hall–Kier alpha value is -2.83. The lowest BCUT2D eigenvalue weighted by atomic mass is 10.0. The van der Waals surface area contributed by atoms with Gasteiger partial charge in [0.15, 0.2) is 5.82 Å². The molecule has 0 bridgehead atoms. The number of hydrogen-bond acceptors (Lipinski definition) is 3. The van der Waals surface area contributed by atoms with E-state index in [0.717, 1.165) is 16.7 Å². The van der Waals surface area contributed by atoms with Gasteiger partial charge >= 0.3 is 0 Å². The van der Waals surface area contributed by atoms with Crippen LogP contribution in [-0.2, 0) is 15.8 Å². The van der Waals surface area contributed by atoms with Gasteiger partial charge < -0.3 is 0 Å². The van der Waals surface area contributed by atoms with E-state index in [2.05, 4.69) is 14.9 Å². The van der Waals surface area contributed by atoms with Gasteiger partial charge in [0.25, 0.3) is 0 Å². The van der Waals surface area contributed by atoms with Crippen LogP contribution in [0.1, 0.15) is 11.1 Å². The highest BCUT2D eigenvalue weighted by Crippen LogP contribution is 2.34. The summed E-state index contributed by atoms with van der Waals surface area (Å²) >= 11 is 6.41. The first-order chi connectivity index (χ1) is 13.4. The number of hydrogen-bond donors (Lipinski definition) is 2. The summed E-state index contributed by atoms with van der Waals surface area (Å²) in [5, 5.41) is 8.21. The maximum absolute atomic E-state index is 12.6. The van der Waals surface area contributed by atoms with Gasteiger partial charge in [-0.15, -0.1) is 0 Å². The molecule has 0 saturated heterocycles. The average molecular weight is 412 g/mol. The third-order valence-corrected chi connectivity index (χ3v) is 6.00. The highest BCUT2D eigenvalue weighted by Gasteiger charge is 2.17. The number of benzene rings is 3. The number of anilines is 1. The van der Waals surface area contributed by atoms with Crippen molar-refractivity contribution in [2.45, 2.75) is 12.7 Å². The van der Waals surface area contributed by atoms with Crippen LogP contribution in [0.2, 0.25) is 5.02 Å². The minimum Gasteiger partial charge on any atom is -0.276 e. The van der Waals surface area contributed by atoms with Gasteiger partial charge in [-0.05, 0) is 30.2 Å². The molecule has 0 atom stereocenters.